The summed E-state index contributed by atoms with van der Waals surface area (Å²) in [5, 5.41) is 0. The van der Waals surface area contributed by atoms with Crippen LogP contribution in [0.3, 0.4) is 0 Å². The van der Waals surface area contributed by atoms with E-state index in [1.54, 1.807) is 0 Å². The van der Waals surface area contributed by atoms with E-state index in [4.69, 9.17) is 15.5 Å². The van der Waals surface area contributed by atoms with Crippen molar-refractivity contribution >= 4 is 0 Å². The van der Waals surface area contributed by atoms with Crippen molar-refractivity contribution in [3.8, 4) is 11.3 Å². The normalized spacial score (nSPS) is 17.6. The van der Waals surface area contributed by atoms with E-state index in [1.165, 1.54) is 0 Å². The second-order valence-electron chi connectivity index (χ2n) is 8.32. The lowest BCUT2D eigenvalue weighted by Crippen LogP contribution is -2.24. The quantitative estimate of drug-likeness (QED) is 0.902. The number of benzene rings is 1. The standard InChI is InChI=1S/C21H31N3O/c1-15(22)17-6-5-7-18(12-17)19-14-24(20(23-19)21(2,3)4)13-16-8-10-25-11-9-16/h5-7,12,14-16H,8-11,13,22H2,1-4H3. The van der Waals surface area contributed by atoms with Crippen molar-refractivity contribution in [3.05, 3.63) is 41.9 Å². The third-order valence-corrected chi connectivity index (χ3v) is 4.95. The second kappa shape index (κ2) is 7.30. The Labute approximate surface area is 151 Å². The van der Waals surface area contributed by atoms with Gasteiger partial charge >= 0.3 is 0 Å². The molecule has 0 amide bonds. The summed E-state index contributed by atoms with van der Waals surface area (Å²) < 4.78 is 7.87. The average Bonchev–Trinajstić information content (AvgIpc) is 3.00. The van der Waals surface area contributed by atoms with Gasteiger partial charge in [-0.05, 0) is 37.3 Å². The number of imidazole rings is 1. The van der Waals surface area contributed by atoms with Gasteiger partial charge in [0.05, 0.1) is 5.69 Å². The molecule has 2 aromatic rings. The fourth-order valence-electron chi connectivity index (χ4n) is 3.48. The molecule has 136 valence electrons. The van der Waals surface area contributed by atoms with Gasteiger partial charge in [-0.15, -0.1) is 0 Å². The number of nitrogens with zero attached hydrogens (tertiary/aromatic N) is 2. The summed E-state index contributed by atoms with van der Waals surface area (Å²) in [7, 11) is 0. The van der Waals surface area contributed by atoms with Gasteiger partial charge in [-0.3, -0.25) is 0 Å². The van der Waals surface area contributed by atoms with E-state index in [0.717, 1.165) is 55.2 Å². The van der Waals surface area contributed by atoms with Crippen molar-refractivity contribution in [2.24, 2.45) is 11.7 Å². The zero-order chi connectivity index (χ0) is 18.0. The molecule has 0 saturated carbocycles. The molecule has 0 spiro atoms. The molecule has 1 saturated heterocycles. The third kappa shape index (κ3) is 4.31. The van der Waals surface area contributed by atoms with Gasteiger partial charge in [0.2, 0.25) is 0 Å². The zero-order valence-corrected chi connectivity index (χ0v) is 16.0. The maximum atomic E-state index is 6.05. The predicted octanol–water partition coefficient (Wildman–Crippen LogP) is 4.29. The molecule has 1 aromatic heterocycles. The minimum absolute atomic E-state index is 0.0161. The molecule has 1 aliphatic rings. The van der Waals surface area contributed by atoms with Crippen molar-refractivity contribution < 1.29 is 4.74 Å². The Morgan fingerprint density at radius 1 is 1.28 bits per heavy atom. The lowest BCUT2D eigenvalue weighted by atomic mass is 9.94. The summed E-state index contributed by atoms with van der Waals surface area (Å²) >= 11 is 0. The van der Waals surface area contributed by atoms with Crippen LogP contribution in [0.4, 0.5) is 0 Å². The molecule has 2 N–H and O–H groups in total. The van der Waals surface area contributed by atoms with Crippen LogP contribution in [0.25, 0.3) is 11.3 Å². The molecule has 4 nitrogen and oxygen atoms in total. The lowest BCUT2D eigenvalue weighted by Gasteiger charge is -2.25. The molecular formula is C21H31N3O. The predicted molar refractivity (Wildman–Crippen MR) is 103 cm³/mol. The molecule has 0 aliphatic carbocycles. The summed E-state index contributed by atoms with van der Waals surface area (Å²) in [6.07, 6.45) is 4.49. The van der Waals surface area contributed by atoms with Crippen LogP contribution < -0.4 is 5.73 Å². The Hall–Kier alpha value is -1.65. The highest BCUT2D eigenvalue weighted by molar-refractivity contribution is 5.60. The van der Waals surface area contributed by atoms with Crippen molar-refractivity contribution in [2.45, 2.75) is 58.5 Å². The van der Waals surface area contributed by atoms with Gasteiger partial charge < -0.3 is 15.0 Å². The number of hydrogen-bond acceptors (Lipinski definition) is 3. The molecule has 1 unspecified atom stereocenters. The van der Waals surface area contributed by atoms with Crippen LogP contribution in [0, 0.1) is 5.92 Å². The summed E-state index contributed by atoms with van der Waals surface area (Å²) in [6.45, 7) is 11.5. The Balaban J connectivity index is 1.94. The monoisotopic (exact) mass is 341 g/mol. The fourth-order valence-corrected chi connectivity index (χ4v) is 3.48. The highest BCUT2D eigenvalue weighted by Gasteiger charge is 2.24. The van der Waals surface area contributed by atoms with Gasteiger partial charge in [-0.25, -0.2) is 4.98 Å². The first kappa shape index (κ1) is 18.2. The fraction of sp³-hybridized carbons (Fsp3) is 0.571. The number of ether oxygens (including phenoxy) is 1. The summed E-state index contributed by atoms with van der Waals surface area (Å²) in [5.74, 6) is 1.83. The molecule has 4 heteroatoms. The van der Waals surface area contributed by atoms with Crippen LogP contribution >= 0.6 is 0 Å². The minimum atomic E-state index is 0.0161. The zero-order valence-electron chi connectivity index (χ0n) is 16.0. The van der Waals surface area contributed by atoms with E-state index >= 15 is 0 Å². The summed E-state index contributed by atoms with van der Waals surface area (Å²) in [5.41, 5.74) is 9.40. The van der Waals surface area contributed by atoms with Crippen molar-refractivity contribution in [1.82, 2.24) is 9.55 Å². The van der Waals surface area contributed by atoms with Gasteiger partial charge in [-0.1, -0.05) is 39.0 Å². The van der Waals surface area contributed by atoms with Crippen LogP contribution in [0.15, 0.2) is 30.5 Å². The average molecular weight is 341 g/mol. The topological polar surface area (TPSA) is 53.1 Å². The van der Waals surface area contributed by atoms with E-state index < -0.39 is 0 Å². The lowest BCUT2D eigenvalue weighted by molar-refractivity contribution is 0.0608. The third-order valence-electron chi connectivity index (χ3n) is 4.95. The Morgan fingerprint density at radius 2 is 2.00 bits per heavy atom. The first-order valence-electron chi connectivity index (χ1n) is 9.36. The molecule has 1 fully saturated rings. The molecule has 25 heavy (non-hydrogen) atoms. The Bertz CT molecular complexity index is 706. The van der Waals surface area contributed by atoms with Crippen molar-refractivity contribution in [1.29, 1.82) is 0 Å². The Morgan fingerprint density at radius 3 is 2.64 bits per heavy atom. The molecule has 2 heterocycles. The van der Waals surface area contributed by atoms with E-state index in [2.05, 4.69) is 55.8 Å². The minimum Gasteiger partial charge on any atom is -0.381 e. The summed E-state index contributed by atoms with van der Waals surface area (Å²) in [6, 6.07) is 8.48. The molecule has 0 radical (unpaired) electrons. The highest BCUT2D eigenvalue weighted by atomic mass is 16.5. The van der Waals surface area contributed by atoms with Crippen LogP contribution in [0.5, 0.6) is 0 Å². The highest BCUT2D eigenvalue weighted by Crippen LogP contribution is 2.29. The van der Waals surface area contributed by atoms with Gasteiger partial charge in [0, 0.05) is 43.0 Å². The van der Waals surface area contributed by atoms with Crippen molar-refractivity contribution in [3.63, 3.8) is 0 Å². The maximum Gasteiger partial charge on any atom is 0.114 e. The first-order valence-corrected chi connectivity index (χ1v) is 9.36. The van der Waals surface area contributed by atoms with Crippen LogP contribution in [-0.2, 0) is 16.7 Å². The van der Waals surface area contributed by atoms with E-state index in [-0.39, 0.29) is 11.5 Å². The van der Waals surface area contributed by atoms with Gasteiger partial charge in [0.25, 0.3) is 0 Å². The number of rotatable bonds is 4. The first-order chi connectivity index (χ1) is 11.8. The maximum absolute atomic E-state index is 6.05. The van der Waals surface area contributed by atoms with Gasteiger partial charge in [-0.2, -0.15) is 0 Å². The van der Waals surface area contributed by atoms with Crippen molar-refractivity contribution in [2.75, 3.05) is 13.2 Å². The molecular weight excluding hydrogens is 310 g/mol. The number of hydrogen-bond donors (Lipinski definition) is 1. The SMILES string of the molecule is CC(N)c1cccc(-c2cn(CC3CCOCC3)c(C(C)(C)C)n2)c1. The van der Waals surface area contributed by atoms with E-state index in [0.29, 0.717) is 5.92 Å². The van der Waals surface area contributed by atoms with Crippen LogP contribution in [0.2, 0.25) is 0 Å². The Kier molecular flexibility index (Phi) is 5.30. The molecule has 0 bridgehead atoms. The van der Waals surface area contributed by atoms with Gasteiger partial charge in [0.15, 0.2) is 0 Å². The van der Waals surface area contributed by atoms with E-state index in [1.807, 2.05) is 6.92 Å². The van der Waals surface area contributed by atoms with Crippen LogP contribution in [-0.4, -0.2) is 22.8 Å². The van der Waals surface area contributed by atoms with E-state index in [9.17, 15) is 0 Å². The van der Waals surface area contributed by atoms with Gasteiger partial charge in [0.1, 0.15) is 5.82 Å². The summed E-state index contributed by atoms with van der Waals surface area (Å²) in [4.78, 5) is 5.01. The number of nitrogens with two attached hydrogens (primary N) is 1. The molecule has 1 atom stereocenters. The molecule has 1 aromatic carbocycles. The largest absolute Gasteiger partial charge is 0.381 e. The second-order valence-corrected chi connectivity index (χ2v) is 8.32. The molecule has 3 rings (SSSR count). The van der Waals surface area contributed by atoms with Crippen LogP contribution in [0.1, 0.15) is 58.0 Å². The molecule has 1 aliphatic heterocycles. The smallest absolute Gasteiger partial charge is 0.114 e. The number of aromatic nitrogens is 2.